The van der Waals surface area contributed by atoms with Gasteiger partial charge in [-0.15, -0.1) is 16.5 Å². The lowest BCUT2D eigenvalue weighted by atomic mass is 9.52. The van der Waals surface area contributed by atoms with E-state index in [1.54, 1.807) is 6.07 Å². The Kier molecular flexibility index (Phi) is 5.95. The Morgan fingerprint density at radius 2 is 1.89 bits per heavy atom. The second-order valence-corrected chi connectivity index (χ2v) is 9.76. The van der Waals surface area contributed by atoms with Crippen molar-refractivity contribution in [3.05, 3.63) is 43.5 Å². The molecule has 2 fully saturated rings. The SMILES string of the molecule is C#C[C@@]1(OC(C)=O)CC[C@@H]2[C@H]3CCc4c(ccc(OC(C)=O)c4[N+](=O)[O-])[C@@H]3[C@@H](O[N+](=O)[O-])C[C@]21C. The van der Waals surface area contributed by atoms with Gasteiger partial charge in [0, 0.05) is 30.7 Å². The summed E-state index contributed by atoms with van der Waals surface area (Å²) in [5.74, 6) is 0.603. The third-order valence-electron chi connectivity index (χ3n) is 8.13. The maximum Gasteiger partial charge on any atom is 0.315 e. The van der Waals surface area contributed by atoms with Crippen molar-refractivity contribution >= 4 is 17.6 Å². The van der Waals surface area contributed by atoms with Gasteiger partial charge in [0.1, 0.15) is 6.10 Å². The zero-order valence-corrected chi connectivity index (χ0v) is 19.6. The molecule has 0 N–H and O–H groups in total. The molecule has 11 heteroatoms. The van der Waals surface area contributed by atoms with Crippen molar-refractivity contribution in [2.75, 3.05) is 0 Å². The highest BCUT2D eigenvalue weighted by Gasteiger charge is 2.66. The number of terminal acetylenes is 1. The highest BCUT2D eigenvalue weighted by Crippen LogP contribution is 2.66. The van der Waals surface area contributed by atoms with Crippen LogP contribution in [-0.4, -0.2) is 33.7 Å². The van der Waals surface area contributed by atoms with Crippen LogP contribution in [0.15, 0.2) is 12.1 Å². The van der Waals surface area contributed by atoms with Crippen LogP contribution in [0.4, 0.5) is 5.69 Å². The van der Waals surface area contributed by atoms with Crippen LogP contribution in [0.25, 0.3) is 0 Å². The monoisotopic (exact) mass is 486 g/mol. The van der Waals surface area contributed by atoms with Gasteiger partial charge >= 0.3 is 17.6 Å². The molecule has 0 spiro atoms. The first kappa shape index (κ1) is 24.4. The molecule has 1 aromatic rings. The van der Waals surface area contributed by atoms with Crippen LogP contribution in [0.5, 0.6) is 5.75 Å². The number of carbonyl (C=O) groups is 2. The maximum atomic E-state index is 12.0. The van der Waals surface area contributed by atoms with Gasteiger partial charge in [-0.1, -0.05) is 18.9 Å². The fraction of sp³-hybridized carbons (Fsp3) is 0.583. The molecular formula is C24H26N2O9. The Morgan fingerprint density at radius 1 is 1.17 bits per heavy atom. The maximum absolute atomic E-state index is 12.0. The van der Waals surface area contributed by atoms with E-state index in [2.05, 4.69) is 5.92 Å². The number of esters is 2. The summed E-state index contributed by atoms with van der Waals surface area (Å²) < 4.78 is 10.8. The number of carbonyl (C=O) groups excluding carboxylic acids is 2. The molecule has 186 valence electrons. The molecule has 3 aliphatic carbocycles. The molecule has 0 aromatic heterocycles. The second-order valence-electron chi connectivity index (χ2n) is 9.76. The number of nitro groups is 1. The van der Waals surface area contributed by atoms with Gasteiger partial charge in [0.15, 0.2) is 5.60 Å². The van der Waals surface area contributed by atoms with E-state index >= 15 is 0 Å². The van der Waals surface area contributed by atoms with E-state index in [0.29, 0.717) is 36.8 Å². The molecule has 2 saturated carbocycles. The predicted molar refractivity (Wildman–Crippen MR) is 120 cm³/mol. The Hall–Kier alpha value is -3.68. The van der Waals surface area contributed by atoms with Gasteiger partial charge in [-0.05, 0) is 55.6 Å². The summed E-state index contributed by atoms with van der Waals surface area (Å²) in [6.45, 7) is 4.33. The lowest BCUT2D eigenvalue weighted by Gasteiger charge is -2.54. The van der Waals surface area contributed by atoms with Gasteiger partial charge in [0.25, 0.3) is 5.09 Å². The standard InChI is InChI=1S/C24H26N2O9/c1-5-24(34-14(3)28)11-10-18-17-7-6-16-15(8-9-19(33-13(2)27)22(16)25(29)30)21(17)20(35-26(31)32)12-23(18,24)4/h1,8-9,17-18,20-21H,6-7,10-12H2,2-4H3/t17-,18-,20+,21+,23-,24-/m1/s1. The third kappa shape index (κ3) is 3.77. The van der Waals surface area contributed by atoms with Crippen molar-refractivity contribution in [2.45, 2.75) is 70.5 Å². The van der Waals surface area contributed by atoms with Crippen molar-refractivity contribution < 1.29 is 33.9 Å². The van der Waals surface area contributed by atoms with E-state index in [0.717, 1.165) is 6.92 Å². The minimum absolute atomic E-state index is 0.0464. The van der Waals surface area contributed by atoms with E-state index in [4.69, 9.17) is 20.7 Å². The quantitative estimate of drug-likeness (QED) is 0.200. The summed E-state index contributed by atoms with van der Waals surface area (Å²) in [4.78, 5) is 51.5. The molecule has 35 heavy (non-hydrogen) atoms. The van der Waals surface area contributed by atoms with Crippen molar-refractivity contribution in [3.63, 3.8) is 0 Å². The summed E-state index contributed by atoms with van der Waals surface area (Å²) in [6.07, 6.45) is 6.92. The molecule has 0 aliphatic heterocycles. The minimum atomic E-state index is -1.22. The highest BCUT2D eigenvalue weighted by molar-refractivity contribution is 5.72. The van der Waals surface area contributed by atoms with Gasteiger partial charge in [0.05, 0.1) is 4.92 Å². The molecule has 6 atom stereocenters. The van der Waals surface area contributed by atoms with Crippen molar-refractivity contribution in [1.82, 2.24) is 0 Å². The number of hydrogen-bond donors (Lipinski definition) is 0. The van der Waals surface area contributed by atoms with Crippen LogP contribution < -0.4 is 4.74 Å². The number of benzene rings is 1. The number of ether oxygens (including phenoxy) is 2. The van der Waals surface area contributed by atoms with Gasteiger partial charge in [-0.3, -0.25) is 19.7 Å². The molecule has 0 bridgehead atoms. The number of hydrogen-bond acceptors (Lipinski definition) is 9. The van der Waals surface area contributed by atoms with Gasteiger partial charge in [0.2, 0.25) is 5.75 Å². The van der Waals surface area contributed by atoms with Crippen LogP contribution in [-0.2, 0) is 25.6 Å². The van der Waals surface area contributed by atoms with E-state index in [1.165, 1.54) is 13.0 Å². The summed E-state index contributed by atoms with van der Waals surface area (Å²) in [6, 6.07) is 2.99. The van der Waals surface area contributed by atoms with Gasteiger partial charge in [-0.2, -0.15) is 0 Å². The number of nitrogens with zero attached hydrogens (tertiary/aromatic N) is 2. The van der Waals surface area contributed by atoms with E-state index in [9.17, 15) is 29.8 Å². The molecule has 0 amide bonds. The first-order chi connectivity index (χ1) is 16.4. The molecule has 0 saturated heterocycles. The van der Waals surface area contributed by atoms with E-state index in [1.807, 2.05) is 6.92 Å². The van der Waals surface area contributed by atoms with Gasteiger partial charge in [-0.25, -0.2) is 0 Å². The highest BCUT2D eigenvalue weighted by atomic mass is 17.0. The smallest absolute Gasteiger partial charge is 0.315 e. The molecule has 0 unspecified atom stereocenters. The first-order valence-corrected chi connectivity index (χ1v) is 11.4. The number of fused-ring (bicyclic) bond motifs is 5. The largest absolute Gasteiger partial charge is 0.445 e. The van der Waals surface area contributed by atoms with Crippen LogP contribution >= 0.6 is 0 Å². The normalized spacial score (nSPS) is 32.7. The average Bonchev–Trinajstić information content (AvgIpc) is 3.03. The van der Waals surface area contributed by atoms with Gasteiger partial charge < -0.3 is 14.3 Å². The molecular weight excluding hydrogens is 460 g/mol. The Balaban J connectivity index is 1.85. The molecule has 3 aliphatic rings. The summed E-state index contributed by atoms with van der Waals surface area (Å²) in [5, 5.41) is 22.6. The van der Waals surface area contributed by atoms with Crippen LogP contribution in [0, 0.1) is 49.8 Å². The molecule has 4 rings (SSSR count). The second kappa shape index (κ2) is 8.52. The van der Waals surface area contributed by atoms with E-state index < -0.39 is 45.0 Å². The zero-order chi connectivity index (χ0) is 25.7. The summed E-state index contributed by atoms with van der Waals surface area (Å²) in [5.41, 5.74) is -1.36. The van der Waals surface area contributed by atoms with Crippen LogP contribution in [0.3, 0.4) is 0 Å². The van der Waals surface area contributed by atoms with E-state index in [-0.39, 0.29) is 29.7 Å². The first-order valence-electron chi connectivity index (χ1n) is 11.4. The Labute approximate surface area is 201 Å². The molecule has 11 nitrogen and oxygen atoms in total. The summed E-state index contributed by atoms with van der Waals surface area (Å²) in [7, 11) is 0. The molecule has 0 radical (unpaired) electrons. The predicted octanol–water partition coefficient (Wildman–Crippen LogP) is 3.50. The van der Waals surface area contributed by atoms with Crippen molar-refractivity contribution in [1.29, 1.82) is 0 Å². The average molecular weight is 486 g/mol. The van der Waals surface area contributed by atoms with Crippen LogP contribution in [0.2, 0.25) is 0 Å². The Bertz CT molecular complexity index is 1160. The Morgan fingerprint density at radius 3 is 2.46 bits per heavy atom. The summed E-state index contributed by atoms with van der Waals surface area (Å²) >= 11 is 0. The fourth-order valence-electron chi connectivity index (χ4n) is 6.99. The number of nitro benzene ring substituents is 1. The lowest BCUT2D eigenvalue weighted by Crippen LogP contribution is -2.56. The van der Waals surface area contributed by atoms with Crippen molar-refractivity contribution in [2.24, 2.45) is 17.3 Å². The topological polar surface area (TPSA) is 148 Å². The molecule has 1 aromatic carbocycles. The van der Waals surface area contributed by atoms with Crippen molar-refractivity contribution in [3.8, 4) is 18.1 Å². The lowest BCUT2D eigenvalue weighted by molar-refractivity contribution is -0.771. The zero-order valence-electron chi connectivity index (χ0n) is 19.6. The minimum Gasteiger partial charge on any atom is -0.445 e. The van der Waals surface area contributed by atoms with Crippen LogP contribution in [0.1, 0.15) is 63.5 Å². The number of rotatable bonds is 5. The fourth-order valence-corrected chi connectivity index (χ4v) is 6.99. The molecule has 0 heterocycles. The third-order valence-corrected chi connectivity index (χ3v) is 8.13.